The van der Waals surface area contributed by atoms with Gasteiger partial charge in [0.25, 0.3) is 10.0 Å². The van der Waals surface area contributed by atoms with Crippen molar-refractivity contribution in [2.24, 2.45) is 0 Å². The number of sulfonamides is 1. The van der Waals surface area contributed by atoms with Crippen LogP contribution < -0.4 is 5.43 Å². The van der Waals surface area contributed by atoms with E-state index in [1.807, 2.05) is 6.92 Å². The molecule has 2 N–H and O–H groups in total. The van der Waals surface area contributed by atoms with Crippen molar-refractivity contribution in [3.63, 3.8) is 0 Å². The van der Waals surface area contributed by atoms with Gasteiger partial charge in [-0.05, 0) is 26.0 Å². The zero-order valence-corrected chi connectivity index (χ0v) is 11.5. The number of aryl methyl sites for hydroxylation is 1. The lowest BCUT2D eigenvalue weighted by atomic mass is 10.1. The average Bonchev–Trinajstić information content (AvgIpc) is 2.73. The minimum Gasteiger partial charge on any atom is -0.392 e. The summed E-state index contributed by atoms with van der Waals surface area (Å²) in [5.41, 5.74) is 3.23. The second-order valence-corrected chi connectivity index (χ2v) is 6.48. The van der Waals surface area contributed by atoms with Gasteiger partial charge in [0.1, 0.15) is 0 Å². The van der Waals surface area contributed by atoms with Crippen molar-refractivity contribution in [2.75, 3.05) is 0 Å². The van der Waals surface area contributed by atoms with E-state index in [0.717, 1.165) is 9.98 Å². The van der Waals surface area contributed by atoms with Crippen molar-refractivity contribution in [1.29, 1.82) is 0 Å². The molecule has 1 fully saturated rings. The van der Waals surface area contributed by atoms with Gasteiger partial charge in [-0.3, -0.25) is 10.2 Å². The van der Waals surface area contributed by atoms with Crippen LogP contribution in [0, 0.1) is 6.92 Å². The van der Waals surface area contributed by atoms with Crippen LogP contribution in [0.15, 0.2) is 29.2 Å². The molecule has 1 aliphatic heterocycles. The van der Waals surface area contributed by atoms with Crippen LogP contribution >= 0.6 is 0 Å². The van der Waals surface area contributed by atoms with E-state index >= 15 is 0 Å². The molecule has 2 atom stereocenters. The first-order valence-electron chi connectivity index (χ1n) is 5.91. The Morgan fingerprint density at radius 1 is 1.37 bits per heavy atom. The van der Waals surface area contributed by atoms with Gasteiger partial charge in [0.2, 0.25) is 5.91 Å². The molecule has 104 valence electrons. The molecule has 0 bridgehead atoms. The number of benzene rings is 1. The number of nitrogens with zero attached hydrogens (tertiary/aromatic N) is 1. The number of hydrogen-bond acceptors (Lipinski definition) is 4. The predicted octanol–water partition coefficient (Wildman–Crippen LogP) is 0.170. The molecule has 1 heterocycles. The zero-order chi connectivity index (χ0) is 14.2. The molecule has 19 heavy (non-hydrogen) atoms. The molecule has 1 amide bonds. The summed E-state index contributed by atoms with van der Waals surface area (Å²) in [4.78, 5) is 11.5. The van der Waals surface area contributed by atoms with E-state index in [0.29, 0.717) is 0 Å². The van der Waals surface area contributed by atoms with E-state index in [1.54, 1.807) is 12.1 Å². The molecule has 7 heteroatoms. The fourth-order valence-electron chi connectivity index (χ4n) is 1.95. The van der Waals surface area contributed by atoms with Crippen molar-refractivity contribution in [2.45, 2.75) is 37.3 Å². The van der Waals surface area contributed by atoms with Gasteiger partial charge in [-0.15, -0.1) is 4.41 Å². The smallest absolute Gasteiger partial charge is 0.260 e. The highest BCUT2D eigenvalue weighted by Gasteiger charge is 2.41. The Labute approximate surface area is 112 Å². The van der Waals surface area contributed by atoms with E-state index in [2.05, 4.69) is 5.43 Å². The second-order valence-electron chi connectivity index (χ2n) is 4.66. The Kier molecular flexibility index (Phi) is 3.62. The maximum Gasteiger partial charge on any atom is 0.260 e. The lowest BCUT2D eigenvalue weighted by molar-refractivity contribution is -0.120. The van der Waals surface area contributed by atoms with Crippen LogP contribution in [0.2, 0.25) is 0 Å². The van der Waals surface area contributed by atoms with Gasteiger partial charge in [0, 0.05) is 6.42 Å². The SMILES string of the molecule is Cc1ccc(S(=O)(=O)N2NC(=O)C[C@@H]2[C@H](C)O)cc1. The number of carbonyl (C=O) groups excluding carboxylic acids is 1. The number of hydrogen-bond donors (Lipinski definition) is 2. The van der Waals surface area contributed by atoms with E-state index < -0.39 is 28.1 Å². The molecule has 1 aromatic carbocycles. The maximum absolute atomic E-state index is 12.4. The van der Waals surface area contributed by atoms with Crippen LogP contribution in [0.4, 0.5) is 0 Å². The Morgan fingerprint density at radius 3 is 2.47 bits per heavy atom. The monoisotopic (exact) mass is 284 g/mol. The summed E-state index contributed by atoms with van der Waals surface area (Å²) < 4.78 is 25.7. The summed E-state index contributed by atoms with van der Waals surface area (Å²) in [6.45, 7) is 3.31. The van der Waals surface area contributed by atoms with E-state index in [4.69, 9.17) is 0 Å². The normalized spacial score (nSPS) is 22.3. The molecule has 1 aliphatic rings. The minimum atomic E-state index is -3.84. The van der Waals surface area contributed by atoms with Gasteiger partial charge in [0.05, 0.1) is 17.0 Å². The third kappa shape index (κ3) is 2.63. The van der Waals surface area contributed by atoms with Gasteiger partial charge in [-0.1, -0.05) is 17.7 Å². The molecule has 6 nitrogen and oxygen atoms in total. The molecule has 0 radical (unpaired) electrons. The lowest BCUT2D eigenvalue weighted by Crippen LogP contribution is -2.47. The zero-order valence-electron chi connectivity index (χ0n) is 10.7. The van der Waals surface area contributed by atoms with E-state index in [-0.39, 0.29) is 11.3 Å². The van der Waals surface area contributed by atoms with E-state index in [9.17, 15) is 18.3 Å². The fourth-order valence-corrected chi connectivity index (χ4v) is 3.49. The number of aliphatic hydroxyl groups is 1. The topological polar surface area (TPSA) is 86.7 Å². The van der Waals surface area contributed by atoms with Gasteiger partial charge in [-0.2, -0.15) is 0 Å². The quantitative estimate of drug-likeness (QED) is 0.828. The number of rotatable bonds is 3. The van der Waals surface area contributed by atoms with Crippen LogP contribution in [-0.2, 0) is 14.8 Å². The van der Waals surface area contributed by atoms with Gasteiger partial charge in [0.15, 0.2) is 0 Å². The summed E-state index contributed by atoms with van der Waals surface area (Å²) in [5.74, 6) is -0.415. The molecule has 0 aromatic heterocycles. The highest BCUT2D eigenvalue weighted by Crippen LogP contribution is 2.23. The fraction of sp³-hybridized carbons (Fsp3) is 0.417. The van der Waals surface area contributed by atoms with Crippen LogP contribution in [0.5, 0.6) is 0 Å². The molecular weight excluding hydrogens is 268 g/mol. The Bertz CT molecular complexity index is 580. The highest BCUT2D eigenvalue weighted by atomic mass is 32.2. The predicted molar refractivity (Wildman–Crippen MR) is 68.4 cm³/mol. The number of carbonyl (C=O) groups is 1. The molecular formula is C12H16N2O4S. The standard InChI is InChI=1S/C12H16N2O4S/c1-8-3-5-10(6-4-8)19(17,18)14-11(9(2)15)7-12(16)13-14/h3-6,9,11,15H,7H2,1-2H3,(H,13,16)/t9-,11+/m0/s1. The summed E-state index contributed by atoms with van der Waals surface area (Å²) in [7, 11) is -3.84. The molecule has 0 aliphatic carbocycles. The van der Waals surface area contributed by atoms with Gasteiger partial charge in [-0.25, -0.2) is 8.42 Å². The largest absolute Gasteiger partial charge is 0.392 e. The molecule has 0 saturated carbocycles. The summed E-state index contributed by atoms with van der Waals surface area (Å²) in [6.07, 6.45) is -0.970. The first-order chi connectivity index (χ1) is 8.82. The van der Waals surface area contributed by atoms with E-state index in [1.165, 1.54) is 19.1 Å². The van der Waals surface area contributed by atoms with Crippen molar-refractivity contribution in [1.82, 2.24) is 9.84 Å². The van der Waals surface area contributed by atoms with Crippen LogP contribution in [0.25, 0.3) is 0 Å². The van der Waals surface area contributed by atoms with Crippen molar-refractivity contribution in [3.8, 4) is 0 Å². The Morgan fingerprint density at radius 2 is 1.95 bits per heavy atom. The highest BCUT2D eigenvalue weighted by molar-refractivity contribution is 7.89. The Balaban J connectivity index is 2.38. The van der Waals surface area contributed by atoms with Gasteiger partial charge < -0.3 is 5.11 Å². The average molecular weight is 284 g/mol. The summed E-state index contributed by atoms with van der Waals surface area (Å²) >= 11 is 0. The number of nitrogens with one attached hydrogen (secondary N) is 1. The number of hydrazine groups is 1. The van der Waals surface area contributed by atoms with Crippen LogP contribution in [0.3, 0.4) is 0 Å². The van der Waals surface area contributed by atoms with Gasteiger partial charge >= 0.3 is 0 Å². The second kappa shape index (κ2) is 4.92. The third-order valence-electron chi connectivity index (χ3n) is 3.07. The lowest BCUT2D eigenvalue weighted by Gasteiger charge is -2.24. The Hall–Kier alpha value is -1.44. The van der Waals surface area contributed by atoms with Crippen molar-refractivity contribution in [3.05, 3.63) is 29.8 Å². The molecule has 1 aromatic rings. The first kappa shape index (κ1) is 14.0. The maximum atomic E-state index is 12.4. The molecule has 0 spiro atoms. The number of amides is 1. The summed E-state index contributed by atoms with van der Waals surface area (Å²) in [6, 6.07) is 5.55. The first-order valence-corrected chi connectivity index (χ1v) is 7.35. The molecule has 1 saturated heterocycles. The van der Waals surface area contributed by atoms with Crippen molar-refractivity contribution >= 4 is 15.9 Å². The van der Waals surface area contributed by atoms with Crippen molar-refractivity contribution < 1.29 is 18.3 Å². The molecule has 0 unspecified atom stereocenters. The van der Waals surface area contributed by atoms with Crippen LogP contribution in [0.1, 0.15) is 18.9 Å². The third-order valence-corrected chi connectivity index (χ3v) is 4.81. The minimum absolute atomic E-state index is 0.0389. The number of aliphatic hydroxyl groups excluding tert-OH is 1. The summed E-state index contributed by atoms with van der Waals surface area (Å²) in [5, 5.41) is 9.60. The van der Waals surface area contributed by atoms with Crippen LogP contribution in [-0.4, -0.2) is 36.0 Å². The molecule has 2 rings (SSSR count).